The van der Waals surface area contributed by atoms with Crippen LogP contribution >= 0.6 is 0 Å². The Morgan fingerprint density at radius 1 is 1.42 bits per heavy atom. The van der Waals surface area contributed by atoms with Gasteiger partial charge in [0.1, 0.15) is 11.4 Å². The van der Waals surface area contributed by atoms with Crippen molar-refractivity contribution in [2.45, 2.75) is 39.0 Å². The molecule has 0 bridgehead atoms. The van der Waals surface area contributed by atoms with Gasteiger partial charge in [0.2, 0.25) is 0 Å². The zero-order valence-corrected chi connectivity index (χ0v) is 14.5. The molecule has 1 aromatic carbocycles. The third-order valence-electron chi connectivity index (χ3n) is 4.34. The van der Waals surface area contributed by atoms with Crippen molar-refractivity contribution < 1.29 is 14.3 Å². The largest absolute Gasteiger partial charge is 0.496 e. The van der Waals surface area contributed by atoms with Crippen molar-refractivity contribution >= 4 is 5.91 Å². The summed E-state index contributed by atoms with van der Waals surface area (Å²) in [6, 6.07) is 7.66. The maximum absolute atomic E-state index is 12.7. The van der Waals surface area contributed by atoms with Crippen molar-refractivity contribution in [1.29, 1.82) is 0 Å². The van der Waals surface area contributed by atoms with Gasteiger partial charge in [0.15, 0.2) is 0 Å². The number of carbonyl (C=O) groups is 1. The first-order valence-corrected chi connectivity index (χ1v) is 8.12. The number of ether oxygens (including phenoxy) is 2. The van der Waals surface area contributed by atoms with Crippen molar-refractivity contribution in [1.82, 2.24) is 15.1 Å². The fraction of sp³-hybridized carbons (Fsp3) is 0.444. The van der Waals surface area contributed by atoms with Crippen molar-refractivity contribution in [3.05, 3.63) is 46.8 Å². The molecule has 0 unspecified atom stereocenters. The Labute approximate surface area is 141 Å². The summed E-state index contributed by atoms with van der Waals surface area (Å²) < 4.78 is 12.8. The molecular formula is C18H23N3O3. The number of fused-ring (bicyclic) bond motifs is 1. The quantitative estimate of drug-likeness (QED) is 0.935. The average molecular weight is 329 g/mol. The Hall–Kier alpha value is -2.34. The number of aryl methyl sites for hydroxylation is 1. The van der Waals surface area contributed by atoms with E-state index in [1.54, 1.807) is 18.8 Å². The molecule has 1 amide bonds. The number of methoxy groups -OCH3 is 1. The van der Waals surface area contributed by atoms with Crippen LogP contribution in [0.25, 0.3) is 0 Å². The summed E-state index contributed by atoms with van der Waals surface area (Å²) in [5.41, 5.74) is 3.40. The van der Waals surface area contributed by atoms with Gasteiger partial charge in [0, 0.05) is 31.1 Å². The molecule has 24 heavy (non-hydrogen) atoms. The normalized spacial score (nSPS) is 19.7. The van der Waals surface area contributed by atoms with E-state index in [2.05, 4.69) is 10.4 Å². The number of carbonyl (C=O) groups excluding carboxylic acids is 1. The molecule has 3 rings (SSSR count). The lowest BCUT2D eigenvalue weighted by atomic mass is 9.99. The molecule has 1 aliphatic rings. The van der Waals surface area contributed by atoms with Crippen molar-refractivity contribution in [2.24, 2.45) is 7.05 Å². The fourth-order valence-electron chi connectivity index (χ4n) is 3.26. The fourth-order valence-corrected chi connectivity index (χ4v) is 3.26. The zero-order chi connectivity index (χ0) is 17.3. The molecule has 0 radical (unpaired) electrons. The molecule has 0 saturated heterocycles. The minimum atomic E-state index is -0.126. The predicted molar refractivity (Wildman–Crippen MR) is 90.0 cm³/mol. The molecule has 0 spiro atoms. The van der Waals surface area contributed by atoms with Gasteiger partial charge in [0.05, 0.1) is 25.0 Å². The van der Waals surface area contributed by atoms with Gasteiger partial charge in [-0.2, -0.15) is 5.10 Å². The molecule has 128 valence electrons. The Kier molecular flexibility index (Phi) is 4.57. The zero-order valence-electron chi connectivity index (χ0n) is 14.5. The number of nitrogens with one attached hydrogen (secondary N) is 1. The summed E-state index contributed by atoms with van der Waals surface area (Å²) in [4.78, 5) is 12.7. The third-order valence-corrected chi connectivity index (χ3v) is 4.34. The molecule has 1 aromatic heterocycles. The van der Waals surface area contributed by atoms with Gasteiger partial charge < -0.3 is 14.8 Å². The molecule has 2 atom stereocenters. The number of nitrogens with zero attached hydrogens (tertiary/aromatic N) is 2. The van der Waals surface area contributed by atoms with Gasteiger partial charge in [-0.3, -0.25) is 9.48 Å². The highest BCUT2D eigenvalue weighted by Gasteiger charge is 2.31. The second kappa shape index (κ2) is 6.65. The van der Waals surface area contributed by atoms with E-state index >= 15 is 0 Å². The Morgan fingerprint density at radius 3 is 2.92 bits per heavy atom. The van der Waals surface area contributed by atoms with Gasteiger partial charge in [0.25, 0.3) is 5.91 Å². The van der Waals surface area contributed by atoms with E-state index in [1.807, 2.05) is 38.1 Å². The van der Waals surface area contributed by atoms with E-state index in [0.29, 0.717) is 18.7 Å². The minimum absolute atomic E-state index is 0.0810. The maximum Gasteiger partial charge on any atom is 0.270 e. The van der Waals surface area contributed by atoms with Crippen molar-refractivity contribution in [3.8, 4) is 5.75 Å². The molecule has 1 N–H and O–H groups in total. The molecule has 1 aliphatic heterocycles. The number of hydrogen-bond donors (Lipinski definition) is 1. The van der Waals surface area contributed by atoms with E-state index in [1.165, 1.54) is 0 Å². The standard InChI is InChI=1S/C18H23N3O3/c1-11-9-14-16(12(2)24-11)20-21(3)17(14)18(22)19-10-13-7-5-6-8-15(13)23-4/h5-8,11-12H,9-10H2,1-4H3,(H,19,22)/t11-,12+/m1/s1. The summed E-state index contributed by atoms with van der Waals surface area (Å²) in [7, 11) is 3.43. The second-order valence-electron chi connectivity index (χ2n) is 6.12. The average Bonchev–Trinajstić information content (AvgIpc) is 2.89. The number of aromatic nitrogens is 2. The third kappa shape index (κ3) is 3.01. The number of benzene rings is 1. The highest BCUT2D eigenvalue weighted by molar-refractivity contribution is 5.94. The Balaban J connectivity index is 1.81. The van der Waals surface area contributed by atoms with E-state index in [4.69, 9.17) is 9.47 Å². The smallest absolute Gasteiger partial charge is 0.270 e. The van der Waals surface area contributed by atoms with Crippen LogP contribution in [-0.4, -0.2) is 28.9 Å². The molecular weight excluding hydrogens is 306 g/mol. The number of para-hydroxylation sites is 1. The van der Waals surface area contributed by atoms with Crippen LogP contribution < -0.4 is 10.1 Å². The Morgan fingerprint density at radius 2 is 2.17 bits per heavy atom. The summed E-state index contributed by atoms with van der Waals surface area (Å²) in [5.74, 6) is 0.638. The van der Waals surface area contributed by atoms with Crippen molar-refractivity contribution in [2.75, 3.05) is 7.11 Å². The molecule has 6 heteroatoms. The first-order valence-electron chi connectivity index (χ1n) is 8.12. The van der Waals surface area contributed by atoms with Gasteiger partial charge in [-0.1, -0.05) is 18.2 Å². The van der Waals surface area contributed by atoms with Gasteiger partial charge >= 0.3 is 0 Å². The van der Waals surface area contributed by atoms with E-state index in [-0.39, 0.29) is 18.1 Å². The predicted octanol–water partition coefficient (Wildman–Crippen LogP) is 2.38. The summed E-state index contributed by atoms with van der Waals surface area (Å²) in [6.45, 7) is 4.39. The molecule has 0 fully saturated rings. The molecule has 0 aliphatic carbocycles. The van der Waals surface area contributed by atoms with Crippen LogP contribution in [-0.2, 0) is 24.8 Å². The van der Waals surface area contributed by atoms with Gasteiger partial charge in [-0.15, -0.1) is 0 Å². The van der Waals surface area contributed by atoms with Crippen LogP contribution in [0.2, 0.25) is 0 Å². The van der Waals surface area contributed by atoms with Crippen LogP contribution in [0.5, 0.6) is 5.75 Å². The van der Waals surface area contributed by atoms with Crippen LogP contribution in [0.15, 0.2) is 24.3 Å². The topological polar surface area (TPSA) is 65.4 Å². The maximum atomic E-state index is 12.7. The van der Waals surface area contributed by atoms with Crippen LogP contribution in [0, 0.1) is 0 Å². The second-order valence-corrected chi connectivity index (χ2v) is 6.12. The summed E-state index contributed by atoms with van der Waals surface area (Å²) in [6.07, 6.45) is 0.688. The van der Waals surface area contributed by atoms with Gasteiger partial charge in [-0.25, -0.2) is 0 Å². The highest BCUT2D eigenvalue weighted by atomic mass is 16.5. The van der Waals surface area contributed by atoms with Crippen LogP contribution in [0.1, 0.15) is 47.3 Å². The SMILES string of the molecule is COc1ccccc1CNC(=O)c1c2c(nn1C)[C@H](C)O[C@H](C)C2. The lowest BCUT2D eigenvalue weighted by molar-refractivity contribution is -0.00710. The molecule has 0 saturated carbocycles. The van der Waals surface area contributed by atoms with Crippen LogP contribution in [0.4, 0.5) is 0 Å². The number of amides is 1. The lowest BCUT2D eigenvalue weighted by Crippen LogP contribution is -2.28. The molecule has 2 aromatic rings. The lowest BCUT2D eigenvalue weighted by Gasteiger charge is -2.24. The summed E-state index contributed by atoms with van der Waals surface area (Å²) in [5, 5.41) is 7.46. The first-order chi connectivity index (χ1) is 11.5. The van der Waals surface area contributed by atoms with E-state index in [9.17, 15) is 4.79 Å². The number of rotatable bonds is 4. The van der Waals surface area contributed by atoms with Crippen LogP contribution in [0.3, 0.4) is 0 Å². The monoisotopic (exact) mass is 329 g/mol. The minimum Gasteiger partial charge on any atom is -0.496 e. The Bertz CT molecular complexity index is 754. The highest BCUT2D eigenvalue weighted by Crippen LogP contribution is 2.31. The molecule has 2 heterocycles. The first kappa shape index (κ1) is 16.5. The van der Waals surface area contributed by atoms with Crippen molar-refractivity contribution in [3.63, 3.8) is 0 Å². The summed E-state index contributed by atoms with van der Waals surface area (Å²) >= 11 is 0. The van der Waals surface area contributed by atoms with E-state index < -0.39 is 0 Å². The number of hydrogen-bond acceptors (Lipinski definition) is 4. The van der Waals surface area contributed by atoms with E-state index in [0.717, 1.165) is 22.6 Å². The van der Waals surface area contributed by atoms with Gasteiger partial charge in [-0.05, 0) is 19.9 Å². The molecule has 6 nitrogen and oxygen atoms in total.